The van der Waals surface area contributed by atoms with Crippen LogP contribution in [0.15, 0.2) is 64.5 Å². The van der Waals surface area contributed by atoms with E-state index in [0.717, 1.165) is 24.3 Å². The van der Waals surface area contributed by atoms with Crippen molar-refractivity contribution in [2.75, 3.05) is 29.3 Å². The lowest BCUT2D eigenvalue weighted by Gasteiger charge is -2.21. The van der Waals surface area contributed by atoms with Crippen molar-refractivity contribution in [2.24, 2.45) is 5.10 Å². The molecule has 0 bridgehead atoms. The molecule has 0 aliphatic carbocycles. The summed E-state index contributed by atoms with van der Waals surface area (Å²) >= 11 is 5.84. The Labute approximate surface area is 179 Å². The molecule has 0 fully saturated rings. The molecular formula is C22H21ClN6O. The van der Waals surface area contributed by atoms with Gasteiger partial charge in [-0.1, -0.05) is 42.5 Å². The number of aromatic amines is 1. The summed E-state index contributed by atoms with van der Waals surface area (Å²) in [6, 6.07) is 18.9. The molecule has 0 aliphatic heterocycles. The van der Waals surface area contributed by atoms with Gasteiger partial charge in [0.15, 0.2) is 0 Å². The summed E-state index contributed by atoms with van der Waals surface area (Å²) in [4.78, 5) is 21.3. The Balaban J connectivity index is 1.77. The minimum Gasteiger partial charge on any atom is -0.371 e. The van der Waals surface area contributed by atoms with Crippen molar-refractivity contribution in [2.45, 2.75) is 6.92 Å². The Morgan fingerprint density at radius 2 is 1.97 bits per heavy atom. The number of nitrogens with one attached hydrogen (secondary N) is 2. The van der Waals surface area contributed by atoms with Crippen LogP contribution in [0.5, 0.6) is 0 Å². The molecule has 2 N–H and O–H groups in total. The molecule has 7 nitrogen and oxygen atoms in total. The number of hydrazone groups is 1. The lowest BCUT2D eigenvalue weighted by Crippen LogP contribution is -2.24. The van der Waals surface area contributed by atoms with Crippen LogP contribution in [0.1, 0.15) is 18.1 Å². The van der Waals surface area contributed by atoms with Crippen LogP contribution in [0.25, 0.3) is 11.3 Å². The van der Waals surface area contributed by atoms with Gasteiger partial charge in [-0.2, -0.15) is 10.4 Å². The third-order valence-electron chi connectivity index (χ3n) is 4.46. The minimum atomic E-state index is -0.521. The SMILES string of the molecule is CCN(CCCl)c1ccc(C=NNc2nc(-c3ccccc3)c(C#N)c(=O)[nH]2)cc1. The van der Waals surface area contributed by atoms with Crippen LogP contribution >= 0.6 is 11.6 Å². The number of nitriles is 1. The van der Waals surface area contributed by atoms with E-state index in [1.165, 1.54) is 0 Å². The Morgan fingerprint density at radius 3 is 2.60 bits per heavy atom. The average Bonchev–Trinajstić information content (AvgIpc) is 2.78. The van der Waals surface area contributed by atoms with Gasteiger partial charge in [-0.15, -0.1) is 11.6 Å². The summed E-state index contributed by atoms with van der Waals surface area (Å²) in [5.74, 6) is 0.729. The van der Waals surface area contributed by atoms with E-state index in [4.69, 9.17) is 11.6 Å². The molecule has 1 aromatic heterocycles. The van der Waals surface area contributed by atoms with Gasteiger partial charge in [0.05, 0.1) is 11.9 Å². The molecule has 8 heteroatoms. The van der Waals surface area contributed by atoms with Crippen LogP contribution in [-0.4, -0.2) is 35.2 Å². The predicted molar refractivity (Wildman–Crippen MR) is 121 cm³/mol. The number of halogens is 1. The Kier molecular flexibility index (Phi) is 7.19. The highest BCUT2D eigenvalue weighted by Gasteiger charge is 2.12. The van der Waals surface area contributed by atoms with E-state index < -0.39 is 5.56 Å². The second-order valence-electron chi connectivity index (χ2n) is 6.35. The molecule has 0 saturated heterocycles. The Morgan fingerprint density at radius 1 is 1.23 bits per heavy atom. The molecule has 30 heavy (non-hydrogen) atoms. The van der Waals surface area contributed by atoms with Gasteiger partial charge >= 0.3 is 0 Å². The standard InChI is InChI=1S/C22H21ClN6O/c1-2-29(13-12-23)18-10-8-16(9-11-18)15-25-28-22-26-20(17-6-4-3-5-7-17)19(14-24)21(30)27-22/h3-11,15H,2,12-13H2,1H3,(H2,26,27,28,30). The second kappa shape index (κ2) is 10.2. The Bertz CT molecular complexity index is 1100. The largest absolute Gasteiger partial charge is 0.371 e. The Hall–Kier alpha value is -3.63. The monoisotopic (exact) mass is 420 g/mol. The summed E-state index contributed by atoms with van der Waals surface area (Å²) in [6.45, 7) is 3.75. The van der Waals surface area contributed by atoms with Crippen LogP contribution in [0, 0.1) is 11.3 Å². The zero-order valence-electron chi connectivity index (χ0n) is 16.5. The normalized spacial score (nSPS) is 10.7. The number of rotatable bonds is 8. The maximum Gasteiger partial charge on any atom is 0.270 e. The van der Waals surface area contributed by atoms with Gasteiger partial charge in [-0.25, -0.2) is 10.4 Å². The summed E-state index contributed by atoms with van der Waals surface area (Å²) in [5, 5.41) is 13.5. The van der Waals surface area contributed by atoms with Crippen LogP contribution in [0.4, 0.5) is 11.6 Å². The van der Waals surface area contributed by atoms with Gasteiger partial charge in [0.2, 0.25) is 5.95 Å². The summed E-state index contributed by atoms with van der Waals surface area (Å²) in [7, 11) is 0. The van der Waals surface area contributed by atoms with Gasteiger partial charge in [0.1, 0.15) is 11.6 Å². The third kappa shape index (κ3) is 5.04. The zero-order chi connectivity index (χ0) is 21.3. The van der Waals surface area contributed by atoms with Crippen LogP contribution < -0.4 is 15.9 Å². The maximum absolute atomic E-state index is 12.3. The van der Waals surface area contributed by atoms with E-state index in [1.54, 1.807) is 18.3 Å². The van der Waals surface area contributed by atoms with Crippen molar-refractivity contribution < 1.29 is 0 Å². The fourth-order valence-corrected chi connectivity index (χ4v) is 3.15. The predicted octanol–water partition coefficient (Wildman–Crippen LogP) is 3.82. The lowest BCUT2D eigenvalue weighted by molar-refractivity contribution is 0.870. The molecule has 2 aromatic carbocycles. The highest BCUT2D eigenvalue weighted by atomic mass is 35.5. The van der Waals surface area contributed by atoms with Gasteiger partial charge in [-0.3, -0.25) is 9.78 Å². The number of aromatic nitrogens is 2. The van der Waals surface area contributed by atoms with E-state index >= 15 is 0 Å². The molecular weight excluding hydrogens is 400 g/mol. The van der Waals surface area contributed by atoms with Crippen molar-refractivity contribution in [1.82, 2.24) is 9.97 Å². The number of hydrogen-bond acceptors (Lipinski definition) is 6. The number of benzene rings is 2. The van der Waals surface area contributed by atoms with Crippen LogP contribution in [0.3, 0.4) is 0 Å². The molecule has 3 rings (SSSR count). The average molecular weight is 421 g/mol. The van der Waals surface area contributed by atoms with E-state index in [-0.39, 0.29) is 11.5 Å². The molecule has 0 spiro atoms. The van der Waals surface area contributed by atoms with Gasteiger partial charge < -0.3 is 4.90 Å². The van der Waals surface area contributed by atoms with E-state index in [2.05, 4.69) is 32.3 Å². The number of alkyl halides is 1. The lowest BCUT2D eigenvalue weighted by atomic mass is 10.1. The quantitative estimate of drug-likeness (QED) is 0.328. The van der Waals surface area contributed by atoms with Crippen LogP contribution in [-0.2, 0) is 0 Å². The van der Waals surface area contributed by atoms with Crippen molar-refractivity contribution in [1.29, 1.82) is 5.26 Å². The molecule has 3 aromatic rings. The summed E-state index contributed by atoms with van der Waals surface area (Å²) in [6.07, 6.45) is 1.63. The topological polar surface area (TPSA) is 97.2 Å². The minimum absolute atomic E-state index is 0.0382. The summed E-state index contributed by atoms with van der Waals surface area (Å²) in [5.41, 5.74) is 5.13. The van der Waals surface area contributed by atoms with Crippen molar-refractivity contribution in [3.05, 3.63) is 76.1 Å². The molecule has 0 radical (unpaired) electrons. The first-order valence-electron chi connectivity index (χ1n) is 9.46. The fraction of sp³-hybridized carbons (Fsp3) is 0.182. The number of nitrogens with zero attached hydrogens (tertiary/aromatic N) is 4. The zero-order valence-corrected chi connectivity index (χ0v) is 17.2. The van der Waals surface area contributed by atoms with Crippen molar-refractivity contribution in [3.8, 4) is 17.3 Å². The third-order valence-corrected chi connectivity index (χ3v) is 4.63. The molecule has 0 unspecified atom stereocenters. The first kappa shape index (κ1) is 21.1. The first-order valence-corrected chi connectivity index (χ1v) is 9.99. The van der Waals surface area contributed by atoms with Crippen molar-refractivity contribution >= 4 is 29.5 Å². The van der Waals surface area contributed by atoms with Crippen LogP contribution in [0.2, 0.25) is 0 Å². The molecule has 152 valence electrons. The molecule has 0 saturated carbocycles. The molecule has 1 heterocycles. The second-order valence-corrected chi connectivity index (χ2v) is 6.72. The highest BCUT2D eigenvalue weighted by molar-refractivity contribution is 6.18. The van der Waals surface area contributed by atoms with Crippen molar-refractivity contribution in [3.63, 3.8) is 0 Å². The molecule has 0 atom stereocenters. The van der Waals surface area contributed by atoms with E-state index in [9.17, 15) is 10.1 Å². The summed E-state index contributed by atoms with van der Waals surface area (Å²) < 4.78 is 0. The van der Waals surface area contributed by atoms with Gasteiger partial charge in [0.25, 0.3) is 5.56 Å². The number of H-pyrrole nitrogens is 1. The maximum atomic E-state index is 12.3. The molecule has 0 amide bonds. The van der Waals surface area contributed by atoms with Gasteiger partial charge in [0, 0.05) is 30.2 Å². The van der Waals surface area contributed by atoms with Gasteiger partial charge in [-0.05, 0) is 24.6 Å². The smallest absolute Gasteiger partial charge is 0.270 e. The highest BCUT2D eigenvalue weighted by Crippen LogP contribution is 2.19. The van der Waals surface area contributed by atoms with E-state index in [0.29, 0.717) is 17.1 Å². The first-order chi connectivity index (χ1) is 14.7. The number of anilines is 2. The fourth-order valence-electron chi connectivity index (χ4n) is 2.95. The number of hydrogen-bond donors (Lipinski definition) is 2. The molecule has 0 aliphatic rings. The van der Waals surface area contributed by atoms with E-state index in [1.807, 2.05) is 48.5 Å².